The highest BCUT2D eigenvalue weighted by Crippen LogP contribution is 2.24. The van der Waals surface area contributed by atoms with Crippen molar-refractivity contribution in [3.05, 3.63) is 41.6 Å². The second kappa shape index (κ2) is 5.80. The third kappa shape index (κ3) is 3.09. The number of hydrogen-bond donors (Lipinski definition) is 1. The molecule has 0 aliphatic rings. The maximum absolute atomic E-state index is 11.5. The lowest BCUT2D eigenvalue weighted by molar-refractivity contribution is -0.143. The molecule has 4 nitrogen and oxygen atoms in total. The average Bonchev–Trinajstić information content (AvgIpc) is 2.37. The molecule has 1 aromatic carbocycles. The zero-order valence-corrected chi connectivity index (χ0v) is 11.2. The topological polar surface area (TPSA) is 65.2 Å². The van der Waals surface area contributed by atoms with Crippen LogP contribution in [0.4, 0.5) is 0 Å². The molecular weight excluding hydrogens is 240 g/mol. The van der Waals surface area contributed by atoms with Gasteiger partial charge in [0, 0.05) is 17.1 Å². The summed E-state index contributed by atoms with van der Waals surface area (Å²) < 4.78 is 4.94. The molecule has 0 spiro atoms. The van der Waals surface area contributed by atoms with Crippen molar-refractivity contribution in [1.82, 2.24) is 4.98 Å². The molecule has 2 aromatic rings. The van der Waals surface area contributed by atoms with Gasteiger partial charge in [0.25, 0.3) is 0 Å². The van der Waals surface area contributed by atoms with Crippen LogP contribution in [0.3, 0.4) is 0 Å². The van der Waals surface area contributed by atoms with Crippen LogP contribution in [0.25, 0.3) is 10.9 Å². The smallest absolute Gasteiger partial charge is 0.307 e. The van der Waals surface area contributed by atoms with E-state index in [0.717, 1.165) is 22.2 Å². The Morgan fingerprint density at radius 3 is 2.89 bits per heavy atom. The monoisotopic (exact) mass is 258 g/mol. The maximum atomic E-state index is 11.5. The zero-order valence-electron chi connectivity index (χ0n) is 11.2. The van der Waals surface area contributed by atoms with Crippen molar-refractivity contribution in [3.8, 4) is 0 Å². The number of benzene rings is 1. The van der Waals surface area contributed by atoms with Gasteiger partial charge >= 0.3 is 5.97 Å². The highest BCUT2D eigenvalue weighted by Gasteiger charge is 2.15. The fourth-order valence-electron chi connectivity index (χ4n) is 2.16. The minimum absolute atomic E-state index is 0.182. The summed E-state index contributed by atoms with van der Waals surface area (Å²) in [6, 6.07) is 9.37. The van der Waals surface area contributed by atoms with Crippen LogP contribution in [0.2, 0.25) is 0 Å². The molecule has 2 rings (SSSR count). The summed E-state index contributed by atoms with van der Waals surface area (Å²) in [4.78, 5) is 16.0. The van der Waals surface area contributed by atoms with Gasteiger partial charge in [-0.3, -0.25) is 9.78 Å². The molecule has 1 atom stereocenters. The van der Waals surface area contributed by atoms with Crippen molar-refractivity contribution >= 4 is 16.9 Å². The van der Waals surface area contributed by atoms with E-state index in [4.69, 9.17) is 10.5 Å². The Hall–Kier alpha value is -1.94. The molecular formula is C15H18N2O2. The summed E-state index contributed by atoms with van der Waals surface area (Å²) in [6.07, 6.45) is 0.182. The number of rotatable bonds is 4. The molecule has 1 aromatic heterocycles. The number of pyridine rings is 1. The fourth-order valence-corrected chi connectivity index (χ4v) is 2.16. The number of ether oxygens (including phenoxy) is 1. The van der Waals surface area contributed by atoms with E-state index in [1.54, 1.807) is 6.92 Å². The Morgan fingerprint density at radius 2 is 2.16 bits per heavy atom. The first-order valence-corrected chi connectivity index (χ1v) is 6.39. The molecule has 0 radical (unpaired) electrons. The SMILES string of the molecule is CCOC(=O)C[C@H](N)c1cc(C)nc2ccccc12. The van der Waals surface area contributed by atoms with Crippen LogP contribution >= 0.6 is 0 Å². The minimum Gasteiger partial charge on any atom is -0.466 e. The first-order chi connectivity index (χ1) is 9.11. The number of carbonyl (C=O) groups excluding carboxylic acids is 1. The van der Waals surface area contributed by atoms with Crippen molar-refractivity contribution in [3.63, 3.8) is 0 Å². The van der Waals surface area contributed by atoms with E-state index in [0.29, 0.717) is 6.61 Å². The van der Waals surface area contributed by atoms with E-state index in [2.05, 4.69) is 4.98 Å². The van der Waals surface area contributed by atoms with E-state index in [9.17, 15) is 4.79 Å². The van der Waals surface area contributed by atoms with Crippen molar-refractivity contribution in [1.29, 1.82) is 0 Å². The van der Waals surface area contributed by atoms with E-state index in [-0.39, 0.29) is 18.4 Å². The molecule has 4 heteroatoms. The molecule has 0 saturated heterocycles. The van der Waals surface area contributed by atoms with Crippen molar-refractivity contribution in [2.24, 2.45) is 5.73 Å². The van der Waals surface area contributed by atoms with Gasteiger partial charge in [0.1, 0.15) is 0 Å². The van der Waals surface area contributed by atoms with Gasteiger partial charge in [-0.05, 0) is 31.5 Å². The van der Waals surface area contributed by atoms with Crippen LogP contribution in [0, 0.1) is 6.92 Å². The largest absolute Gasteiger partial charge is 0.466 e. The number of aromatic nitrogens is 1. The van der Waals surface area contributed by atoms with Gasteiger partial charge in [0.05, 0.1) is 18.5 Å². The molecule has 1 heterocycles. The van der Waals surface area contributed by atoms with Crippen molar-refractivity contribution in [2.75, 3.05) is 6.61 Å². The third-order valence-electron chi connectivity index (χ3n) is 2.97. The quantitative estimate of drug-likeness (QED) is 0.856. The molecule has 2 N–H and O–H groups in total. The van der Waals surface area contributed by atoms with Gasteiger partial charge in [-0.15, -0.1) is 0 Å². The van der Waals surface area contributed by atoms with E-state index in [1.165, 1.54) is 0 Å². The van der Waals surface area contributed by atoms with E-state index >= 15 is 0 Å². The third-order valence-corrected chi connectivity index (χ3v) is 2.97. The number of para-hydroxylation sites is 1. The zero-order chi connectivity index (χ0) is 13.8. The summed E-state index contributed by atoms with van der Waals surface area (Å²) in [7, 11) is 0. The molecule has 0 unspecified atom stereocenters. The standard InChI is InChI=1S/C15H18N2O2/c1-3-19-15(18)9-13(16)12-8-10(2)17-14-7-5-4-6-11(12)14/h4-8,13H,3,9,16H2,1-2H3/t13-/m0/s1. The number of aryl methyl sites for hydroxylation is 1. The second-order valence-corrected chi connectivity index (χ2v) is 4.49. The highest BCUT2D eigenvalue weighted by molar-refractivity contribution is 5.83. The first kappa shape index (κ1) is 13.5. The highest BCUT2D eigenvalue weighted by atomic mass is 16.5. The molecule has 0 aliphatic carbocycles. The number of nitrogens with zero attached hydrogens (tertiary/aromatic N) is 1. The predicted octanol–water partition coefficient (Wildman–Crippen LogP) is 2.50. The molecule has 100 valence electrons. The van der Waals surface area contributed by atoms with Gasteiger partial charge < -0.3 is 10.5 Å². The summed E-state index contributed by atoms with van der Waals surface area (Å²) >= 11 is 0. The van der Waals surface area contributed by atoms with Crippen LogP contribution in [0.1, 0.15) is 30.6 Å². The molecule has 0 fully saturated rings. The van der Waals surface area contributed by atoms with Gasteiger partial charge in [0.2, 0.25) is 0 Å². The van der Waals surface area contributed by atoms with Crippen molar-refractivity contribution in [2.45, 2.75) is 26.3 Å². The Kier molecular flexibility index (Phi) is 4.12. The van der Waals surface area contributed by atoms with E-state index < -0.39 is 0 Å². The lowest BCUT2D eigenvalue weighted by Crippen LogP contribution is -2.18. The van der Waals surface area contributed by atoms with Gasteiger partial charge in [-0.1, -0.05) is 18.2 Å². The molecule has 0 saturated carbocycles. The van der Waals surface area contributed by atoms with E-state index in [1.807, 2.05) is 37.3 Å². The van der Waals surface area contributed by atoms with Crippen LogP contribution in [0.15, 0.2) is 30.3 Å². The van der Waals surface area contributed by atoms with Crippen LogP contribution in [0.5, 0.6) is 0 Å². The predicted molar refractivity (Wildman–Crippen MR) is 74.7 cm³/mol. The van der Waals surface area contributed by atoms with Crippen molar-refractivity contribution < 1.29 is 9.53 Å². The Balaban J connectivity index is 2.35. The fraction of sp³-hybridized carbons (Fsp3) is 0.333. The molecule has 19 heavy (non-hydrogen) atoms. The normalized spacial score (nSPS) is 12.4. The number of esters is 1. The number of nitrogens with two attached hydrogens (primary N) is 1. The summed E-state index contributed by atoms with van der Waals surface area (Å²) in [5.74, 6) is -0.270. The maximum Gasteiger partial charge on any atom is 0.307 e. The summed E-state index contributed by atoms with van der Waals surface area (Å²) in [6.45, 7) is 4.09. The van der Waals surface area contributed by atoms with Gasteiger partial charge in [-0.25, -0.2) is 0 Å². The molecule has 0 bridgehead atoms. The van der Waals surface area contributed by atoms with Crippen LogP contribution in [-0.4, -0.2) is 17.6 Å². The lowest BCUT2D eigenvalue weighted by atomic mass is 9.99. The second-order valence-electron chi connectivity index (χ2n) is 4.49. The lowest BCUT2D eigenvalue weighted by Gasteiger charge is -2.14. The molecule has 0 aliphatic heterocycles. The first-order valence-electron chi connectivity index (χ1n) is 6.39. The van der Waals surface area contributed by atoms with Crippen LogP contribution < -0.4 is 5.73 Å². The average molecular weight is 258 g/mol. The Morgan fingerprint density at radius 1 is 1.42 bits per heavy atom. The number of carbonyl (C=O) groups is 1. The Bertz CT molecular complexity index is 596. The summed E-state index contributed by atoms with van der Waals surface area (Å²) in [5.41, 5.74) is 8.87. The number of fused-ring (bicyclic) bond motifs is 1. The number of hydrogen-bond acceptors (Lipinski definition) is 4. The molecule has 0 amide bonds. The minimum atomic E-state index is -0.370. The van der Waals surface area contributed by atoms with Crippen LogP contribution in [-0.2, 0) is 9.53 Å². The Labute approximate surface area is 112 Å². The van der Waals surface area contributed by atoms with Gasteiger partial charge in [0.15, 0.2) is 0 Å². The van der Waals surface area contributed by atoms with Gasteiger partial charge in [-0.2, -0.15) is 0 Å². The summed E-state index contributed by atoms with van der Waals surface area (Å²) in [5, 5.41) is 0.991.